The van der Waals surface area contributed by atoms with Gasteiger partial charge in [0.05, 0.1) is 6.42 Å². The molecule has 102 valence electrons. The smallest absolute Gasteiger partial charge is 0.310 e. The second kappa shape index (κ2) is 5.65. The summed E-state index contributed by atoms with van der Waals surface area (Å²) in [4.78, 5) is 0. The molecule has 0 aliphatic carbocycles. The molecule has 1 unspecified atom stereocenters. The molecule has 0 amide bonds. The van der Waals surface area contributed by atoms with Gasteiger partial charge in [0.1, 0.15) is 11.6 Å². The van der Waals surface area contributed by atoms with Gasteiger partial charge >= 0.3 is 6.18 Å². The highest BCUT2D eigenvalue weighted by atomic mass is 19.4. The summed E-state index contributed by atoms with van der Waals surface area (Å²) in [5, 5.41) is 2.46. The molecule has 0 fully saturated rings. The van der Waals surface area contributed by atoms with Crippen LogP contribution in [0.1, 0.15) is 30.5 Å². The molecule has 1 aromatic carbocycles. The molecule has 6 heteroatoms. The Balaban J connectivity index is 3.17. The molecule has 0 saturated heterocycles. The summed E-state index contributed by atoms with van der Waals surface area (Å²) in [6.07, 6.45) is -5.80. The average Bonchev–Trinajstić information content (AvgIpc) is 2.22. The van der Waals surface area contributed by atoms with E-state index in [-0.39, 0.29) is 12.1 Å². The van der Waals surface area contributed by atoms with E-state index in [1.54, 1.807) is 6.92 Å². The number of rotatable bonds is 4. The van der Waals surface area contributed by atoms with Crippen LogP contribution in [-0.4, -0.2) is 12.7 Å². The first-order valence-corrected chi connectivity index (χ1v) is 5.51. The van der Waals surface area contributed by atoms with E-state index in [0.29, 0.717) is 0 Å². The monoisotopic (exact) mass is 267 g/mol. The molecule has 1 N–H and O–H groups in total. The molecule has 0 saturated carbocycles. The van der Waals surface area contributed by atoms with E-state index in [2.05, 4.69) is 5.32 Å². The first kappa shape index (κ1) is 14.9. The second-order valence-electron chi connectivity index (χ2n) is 4.02. The van der Waals surface area contributed by atoms with E-state index in [1.807, 2.05) is 0 Å². The molecular formula is C12H14F5N. The van der Waals surface area contributed by atoms with E-state index >= 15 is 0 Å². The van der Waals surface area contributed by atoms with Crippen LogP contribution in [0.4, 0.5) is 22.0 Å². The number of benzene rings is 1. The summed E-state index contributed by atoms with van der Waals surface area (Å²) in [5.41, 5.74) is -0.425. The molecule has 0 aliphatic rings. The third-order valence-electron chi connectivity index (χ3n) is 2.55. The Kier molecular flexibility index (Phi) is 4.67. The van der Waals surface area contributed by atoms with Crippen LogP contribution in [0.2, 0.25) is 0 Å². The minimum absolute atomic E-state index is 0.122. The van der Waals surface area contributed by atoms with Crippen LogP contribution < -0.4 is 5.32 Å². The molecule has 0 aromatic heterocycles. The summed E-state index contributed by atoms with van der Waals surface area (Å²) < 4.78 is 64.5. The van der Waals surface area contributed by atoms with E-state index in [4.69, 9.17) is 0 Å². The second-order valence-corrected chi connectivity index (χ2v) is 4.02. The van der Waals surface area contributed by atoms with Gasteiger partial charge in [-0.2, -0.15) is 13.2 Å². The maximum absolute atomic E-state index is 13.8. The van der Waals surface area contributed by atoms with Crippen molar-refractivity contribution in [1.82, 2.24) is 5.32 Å². The molecule has 0 radical (unpaired) electrons. The van der Waals surface area contributed by atoms with Crippen LogP contribution in [0.15, 0.2) is 12.1 Å². The SMILES string of the molecule is CCNC(CC(F)(F)F)c1c(F)ccc(C)c1F. The first-order chi connectivity index (χ1) is 8.26. The summed E-state index contributed by atoms with van der Waals surface area (Å²) >= 11 is 0. The minimum atomic E-state index is -4.49. The lowest BCUT2D eigenvalue weighted by molar-refractivity contribution is -0.140. The number of alkyl halides is 3. The molecule has 1 nitrogen and oxygen atoms in total. The van der Waals surface area contributed by atoms with Crippen molar-refractivity contribution in [3.63, 3.8) is 0 Å². The maximum atomic E-state index is 13.8. The quantitative estimate of drug-likeness (QED) is 0.816. The van der Waals surface area contributed by atoms with Crippen LogP contribution >= 0.6 is 0 Å². The van der Waals surface area contributed by atoms with Crippen LogP contribution in [0, 0.1) is 18.6 Å². The standard InChI is InChI=1S/C12H14F5N/c1-3-18-9(6-12(15,16)17)10-8(13)5-4-7(2)11(10)14/h4-5,9,18H,3,6H2,1-2H3. The number of nitrogens with one attached hydrogen (secondary N) is 1. The van der Waals surface area contributed by atoms with Crippen molar-refractivity contribution in [2.75, 3.05) is 6.54 Å². The van der Waals surface area contributed by atoms with Gasteiger partial charge in [-0.05, 0) is 25.1 Å². The highest BCUT2D eigenvalue weighted by Crippen LogP contribution is 2.32. The van der Waals surface area contributed by atoms with Gasteiger partial charge in [-0.15, -0.1) is 0 Å². The summed E-state index contributed by atoms with van der Waals surface area (Å²) in [6, 6.07) is 0.772. The van der Waals surface area contributed by atoms with Crippen LogP contribution in [0.5, 0.6) is 0 Å². The first-order valence-electron chi connectivity index (χ1n) is 5.51. The van der Waals surface area contributed by atoms with E-state index < -0.39 is 35.8 Å². The fraction of sp³-hybridized carbons (Fsp3) is 0.500. The van der Waals surface area contributed by atoms with Crippen LogP contribution in [0.25, 0.3) is 0 Å². The Labute approximate surface area is 102 Å². The molecule has 1 aromatic rings. The van der Waals surface area contributed by atoms with Crippen molar-refractivity contribution in [2.45, 2.75) is 32.5 Å². The van der Waals surface area contributed by atoms with Gasteiger partial charge in [0.15, 0.2) is 0 Å². The minimum Gasteiger partial charge on any atom is -0.310 e. The molecule has 0 aliphatic heterocycles. The van der Waals surface area contributed by atoms with Gasteiger partial charge in [0.25, 0.3) is 0 Å². The summed E-state index contributed by atoms with van der Waals surface area (Å²) in [5.74, 6) is -1.89. The van der Waals surface area contributed by atoms with Gasteiger partial charge in [-0.25, -0.2) is 8.78 Å². The largest absolute Gasteiger partial charge is 0.390 e. The van der Waals surface area contributed by atoms with E-state index in [1.165, 1.54) is 13.0 Å². The Bertz CT molecular complexity index is 414. The molecule has 18 heavy (non-hydrogen) atoms. The van der Waals surface area contributed by atoms with Crippen molar-refractivity contribution < 1.29 is 22.0 Å². The van der Waals surface area contributed by atoms with Gasteiger partial charge in [-0.3, -0.25) is 0 Å². The Morgan fingerprint density at radius 2 is 1.83 bits per heavy atom. The third-order valence-corrected chi connectivity index (χ3v) is 2.55. The molecule has 0 bridgehead atoms. The lowest BCUT2D eigenvalue weighted by Gasteiger charge is -2.21. The zero-order valence-corrected chi connectivity index (χ0v) is 10.0. The number of aryl methyl sites for hydroxylation is 1. The van der Waals surface area contributed by atoms with Gasteiger partial charge in [0.2, 0.25) is 0 Å². The van der Waals surface area contributed by atoms with E-state index in [0.717, 1.165) is 6.07 Å². The predicted molar refractivity (Wildman–Crippen MR) is 58.2 cm³/mol. The average molecular weight is 267 g/mol. The topological polar surface area (TPSA) is 12.0 Å². The van der Waals surface area contributed by atoms with Gasteiger partial charge in [-0.1, -0.05) is 13.0 Å². The highest BCUT2D eigenvalue weighted by Gasteiger charge is 2.34. The predicted octanol–water partition coefficient (Wildman–Crippen LogP) is 3.88. The Hall–Kier alpha value is -1.17. The lowest BCUT2D eigenvalue weighted by Crippen LogP contribution is -2.28. The molecular weight excluding hydrogens is 253 g/mol. The molecule has 1 atom stereocenters. The van der Waals surface area contributed by atoms with Crippen LogP contribution in [-0.2, 0) is 0 Å². The number of halogens is 5. The van der Waals surface area contributed by atoms with Crippen molar-refractivity contribution in [3.05, 3.63) is 34.9 Å². The summed E-state index contributed by atoms with van der Waals surface area (Å²) in [6.45, 7) is 3.15. The van der Waals surface area contributed by atoms with Crippen molar-refractivity contribution in [2.24, 2.45) is 0 Å². The Morgan fingerprint density at radius 3 is 2.33 bits per heavy atom. The number of hydrogen-bond acceptors (Lipinski definition) is 1. The summed E-state index contributed by atoms with van der Waals surface area (Å²) in [7, 11) is 0. The van der Waals surface area contributed by atoms with E-state index in [9.17, 15) is 22.0 Å². The van der Waals surface area contributed by atoms with Crippen molar-refractivity contribution in [3.8, 4) is 0 Å². The van der Waals surface area contributed by atoms with Crippen LogP contribution in [0.3, 0.4) is 0 Å². The third kappa shape index (κ3) is 3.66. The fourth-order valence-electron chi connectivity index (χ4n) is 1.75. The zero-order valence-electron chi connectivity index (χ0n) is 10.0. The maximum Gasteiger partial charge on any atom is 0.390 e. The van der Waals surface area contributed by atoms with Gasteiger partial charge < -0.3 is 5.32 Å². The molecule has 0 heterocycles. The normalized spacial score (nSPS) is 13.7. The zero-order chi connectivity index (χ0) is 13.9. The number of hydrogen-bond donors (Lipinski definition) is 1. The molecule has 0 spiro atoms. The van der Waals surface area contributed by atoms with Crippen molar-refractivity contribution in [1.29, 1.82) is 0 Å². The molecule has 1 rings (SSSR count). The highest BCUT2D eigenvalue weighted by molar-refractivity contribution is 5.29. The fourth-order valence-corrected chi connectivity index (χ4v) is 1.75. The lowest BCUT2D eigenvalue weighted by atomic mass is 9.99. The Morgan fingerprint density at radius 1 is 1.22 bits per heavy atom. The van der Waals surface area contributed by atoms with Crippen molar-refractivity contribution >= 4 is 0 Å². The van der Waals surface area contributed by atoms with Gasteiger partial charge in [0, 0.05) is 11.6 Å².